The van der Waals surface area contributed by atoms with Gasteiger partial charge < -0.3 is 20.1 Å². The first kappa shape index (κ1) is 26.5. The average molecular weight is 496 g/mol. The van der Waals surface area contributed by atoms with E-state index in [0.717, 1.165) is 44.4 Å². The zero-order valence-electron chi connectivity index (χ0n) is 21.4. The Morgan fingerprint density at radius 3 is 2.75 bits per heavy atom. The first-order valence-electron chi connectivity index (χ1n) is 13.1. The van der Waals surface area contributed by atoms with Gasteiger partial charge in [0.2, 0.25) is 0 Å². The fraction of sp³-hybridized carbons (Fsp3) is 0.607. The third kappa shape index (κ3) is 7.00. The minimum Gasteiger partial charge on any atom is -0.383 e. The summed E-state index contributed by atoms with van der Waals surface area (Å²) in [6, 6.07) is 10.7. The highest BCUT2D eigenvalue weighted by Gasteiger charge is 2.32. The van der Waals surface area contributed by atoms with Crippen LogP contribution in [0.2, 0.25) is 0 Å². The van der Waals surface area contributed by atoms with Crippen LogP contribution in [-0.2, 0) is 15.9 Å². The van der Waals surface area contributed by atoms with Crippen LogP contribution in [0.4, 0.5) is 10.2 Å². The second kappa shape index (κ2) is 12.6. The van der Waals surface area contributed by atoms with Gasteiger partial charge in [0.15, 0.2) is 5.82 Å². The number of methoxy groups -OCH3 is 1. The molecule has 0 bridgehead atoms. The molecule has 8 heteroatoms. The molecule has 0 unspecified atom stereocenters. The molecule has 194 valence electrons. The molecule has 2 aromatic rings. The van der Waals surface area contributed by atoms with E-state index in [1.807, 2.05) is 24.3 Å². The molecule has 1 saturated carbocycles. The van der Waals surface area contributed by atoms with Crippen molar-refractivity contribution in [2.45, 2.75) is 64.0 Å². The van der Waals surface area contributed by atoms with Gasteiger partial charge in [-0.15, -0.1) is 0 Å². The maximum absolute atomic E-state index is 14.8. The highest BCUT2D eigenvalue weighted by atomic mass is 19.1. The number of nitriles is 1. The molecule has 3 heterocycles. The van der Waals surface area contributed by atoms with Gasteiger partial charge in [-0.3, -0.25) is 4.98 Å². The number of halogens is 1. The zero-order valence-corrected chi connectivity index (χ0v) is 21.4. The molecule has 36 heavy (non-hydrogen) atoms. The molecule has 1 aliphatic carbocycles. The molecular formula is C28H38FN5O2. The van der Waals surface area contributed by atoms with Crippen molar-refractivity contribution in [1.82, 2.24) is 15.3 Å². The van der Waals surface area contributed by atoms with E-state index in [1.54, 1.807) is 7.11 Å². The Morgan fingerprint density at radius 1 is 1.25 bits per heavy atom. The van der Waals surface area contributed by atoms with Crippen LogP contribution in [0.15, 0.2) is 30.5 Å². The van der Waals surface area contributed by atoms with E-state index < -0.39 is 5.41 Å². The lowest BCUT2D eigenvalue weighted by molar-refractivity contribution is 0.0455. The molecular weight excluding hydrogens is 457 g/mol. The monoisotopic (exact) mass is 495 g/mol. The quantitative estimate of drug-likeness (QED) is 0.492. The second-order valence-electron chi connectivity index (χ2n) is 10.4. The lowest BCUT2D eigenvalue weighted by atomic mass is 9.82. The largest absolute Gasteiger partial charge is 0.383 e. The lowest BCUT2D eigenvalue weighted by Crippen LogP contribution is -2.41. The second-order valence-corrected chi connectivity index (χ2v) is 10.4. The van der Waals surface area contributed by atoms with Gasteiger partial charge in [0, 0.05) is 50.2 Å². The summed E-state index contributed by atoms with van der Waals surface area (Å²) in [5, 5.41) is 16.7. The molecule has 2 aliphatic rings. The summed E-state index contributed by atoms with van der Waals surface area (Å²) < 4.78 is 25.4. The molecule has 4 rings (SSSR count). The fourth-order valence-corrected chi connectivity index (χ4v) is 5.35. The van der Waals surface area contributed by atoms with Gasteiger partial charge in [0.1, 0.15) is 5.82 Å². The van der Waals surface area contributed by atoms with E-state index in [0.29, 0.717) is 67.7 Å². The summed E-state index contributed by atoms with van der Waals surface area (Å²) in [5.74, 6) is 0.815. The van der Waals surface area contributed by atoms with Crippen molar-refractivity contribution in [2.24, 2.45) is 11.3 Å². The first-order valence-corrected chi connectivity index (χ1v) is 13.1. The first-order chi connectivity index (χ1) is 17.5. The van der Waals surface area contributed by atoms with Crippen LogP contribution in [0.25, 0.3) is 11.3 Å². The van der Waals surface area contributed by atoms with E-state index in [4.69, 9.17) is 9.47 Å². The van der Waals surface area contributed by atoms with Crippen LogP contribution in [0.5, 0.6) is 0 Å². The number of nitrogens with zero attached hydrogens (tertiary/aromatic N) is 3. The lowest BCUT2D eigenvalue weighted by Gasteiger charge is -2.31. The Bertz CT molecular complexity index is 1030. The molecule has 1 atom stereocenters. The molecule has 1 saturated heterocycles. The summed E-state index contributed by atoms with van der Waals surface area (Å²) in [7, 11) is 1.73. The molecule has 0 aromatic carbocycles. The van der Waals surface area contributed by atoms with E-state index >= 15 is 0 Å². The summed E-state index contributed by atoms with van der Waals surface area (Å²) in [4.78, 5) is 9.05. The van der Waals surface area contributed by atoms with Crippen LogP contribution >= 0.6 is 0 Å². The highest BCUT2D eigenvalue weighted by Crippen LogP contribution is 2.31. The number of hydrogen-bond acceptors (Lipinski definition) is 7. The maximum Gasteiger partial charge on any atom is 0.150 e. The smallest absolute Gasteiger partial charge is 0.150 e. The topological polar surface area (TPSA) is 92.1 Å². The highest BCUT2D eigenvalue weighted by molar-refractivity contribution is 5.62. The number of ether oxygens (including phenoxy) is 2. The van der Waals surface area contributed by atoms with Crippen molar-refractivity contribution in [3.05, 3.63) is 42.0 Å². The third-order valence-corrected chi connectivity index (χ3v) is 7.51. The molecule has 0 amide bonds. The van der Waals surface area contributed by atoms with Gasteiger partial charge in [-0.05, 0) is 76.0 Å². The fourth-order valence-electron chi connectivity index (χ4n) is 5.35. The summed E-state index contributed by atoms with van der Waals surface area (Å²) in [5.41, 5.74) is 1.48. The van der Waals surface area contributed by atoms with Gasteiger partial charge in [-0.25, -0.2) is 9.37 Å². The normalized spacial score (nSPS) is 22.5. The van der Waals surface area contributed by atoms with E-state index in [2.05, 4.69) is 33.6 Å². The Labute approximate surface area is 213 Å². The number of pyridine rings is 2. The summed E-state index contributed by atoms with van der Waals surface area (Å²) in [6.07, 6.45) is 8.10. The van der Waals surface area contributed by atoms with Gasteiger partial charge in [-0.1, -0.05) is 6.07 Å². The standard InChI is InChI=1S/C28H38FN5O2/c1-20(17-35-2)33-22-8-6-21(7-9-22)14-23-15-24(25(29)16-31-23)26-4-3-5-27(34-26)32-19-28(18-30)10-12-36-13-11-28/h3-5,15-16,20-22,33H,6-14,17,19H2,1-2H3,(H,32,34)/t20-,21?,22?/m0/s1. The van der Waals surface area contributed by atoms with Crippen LogP contribution in [-0.4, -0.2) is 55.5 Å². The van der Waals surface area contributed by atoms with Crippen LogP contribution in [0.3, 0.4) is 0 Å². The van der Waals surface area contributed by atoms with Gasteiger partial charge in [0.25, 0.3) is 0 Å². The van der Waals surface area contributed by atoms with Crippen molar-refractivity contribution in [3.63, 3.8) is 0 Å². The molecule has 2 N–H and O–H groups in total. The van der Waals surface area contributed by atoms with Crippen LogP contribution < -0.4 is 10.6 Å². The molecule has 1 aliphatic heterocycles. The Hall–Kier alpha value is -2.60. The van der Waals surface area contributed by atoms with E-state index in [-0.39, 0.29) is 5.82 Å². The van der Waals surface area contributed by atoms with Gasteiger partial charge in [0.05, 0.1) is 30.0 Å². The van der Waals surface area contributed by atoms with Gasteiger partial charge in [-0.2, -0.15) is 5.26 Å². The summed E-state index contributed by atoms with van der Waals surface area (Å²) in [6.45, 7) is 4.57. The summed E-state index contributed by atoms with van der Waals surface area (Å²) >= 11 is 0. The van der Waals surface area contributed by atoms with E-state index in [1.165, 1.54) is 6.20 Å². The van der Waals surface area contributed by atoms with Crippen molar-refractivity contribution < 1.29 is 13.9 Å². The zero-order chi connectivity index (χ0) is 25.4. The van der Waals surface area contributed by atoms with E-state index in [9.17, 15) is 9.65 Å². The van der Waals surface area contributed by atoms with Crippen molar-refractivity contribution in [1.29, 1.82) is 5.26 Å². The minimum absolute atomic E-state index is 0.359. The number of anilines is 1. The van der Waals surface area contributed by atoms with Crippen molar-refractivity contribution >= 4 is 5.82 Å². The molecule has 2 aromatic heterocycles. The molecule has 0 spiro atoms. The Balaban J connectivity index is 1.37. The molecule has 0 radical (unpaired) electrons. The maximum atomic E-state index is 14.8. The number of hydrogen-bond donors (Lipinski definition) is 2. The Kier molecular flexibility index (Phi) is 9.24. The molecule has 2 fully saturated rings. The third-order valence-electron chi connectivity index (χ3n) is 7.51. The predicted molar refractivity (Wildman–Crippen MR) is 138 cm³/mol. The van der Waals surface area contributed by atoms with Crippen LogP contribution in [0.1, 0.15) is 51.1 Å². The predicted octanol–water partition coefficient (Wildman–Crippen LogP) is 4.74. The average Bonchev–Trinajstić information content (AvgIpc) is 2.90. The van der Waals surface area contributed by atoms with Crippen molar-refractivity contribution in [3.8, 4) is 17.3 Å². The van der Waals surface area contributed by atoms with Gasteiger partial charge >= 0.3 is 0 Å². The van der Waals surface area contributed by atoms with Crippen LogP contribution in [0, 0.1) is 28.5 Å². The van der Waals surface area contributed by atoms with Crippen molar-refractivity contribution in [2.75, 3.05) is 38.8 Å². The minimum atomic E-state index is -0.457. The number of rotatable bonds is 10. The number of aromatic nitrogens is 2. The molecule has 7 nitrogen and oxygen atoms in total. The number of nitrogens with one attached hydrogen (secondary N) is 2. The Morgan fingerprint density at radius 2 is 2.03 bits per heavy atom. The SMILES string of the molecule is COC[C@H](C)NC1CCC(Cc2cc(-c3cccc(NCC4(C#N)CCOCC4)n3)c(F)cn2)CC1.